The maximum atomic E-state index is 12.7. The Morgan fingerprint density at radius 2 is 2.08 bits per heavy atom. The van der Waals surface area contributed by atoms with Crippen molar-refractivity contribution in [2.24, 2.45) is 7.05 Å². The fraction of sp³-hybridized carbons (Fsp3) is 0.333. The highest BCUT2D eigenvalue weighted by Gasteiger charge is 2.24. The van der Waals surface area contributed by atoms with E-state index < -0.39 is 5.54 Å². The van der Waals surface area contributed by atoms with Gasteiger partial charge < -0.3 is 5.32 Å². The first-order valence-corrected chi connectivity index (χ1v) is 8.95. The molecule has 0 radical (unpaired) electrons. The van der Waals surface area contributed by atoms with Crippen molar-refractivity contribution in [3.05, 3.63) is 51.5 Å². The Kier molecular flexibility index (Phi) is 4.40. The summed E-state index contributed by atoms with van der Waals surface area (Å²) in [6.07, 6.45) is 0.671. The number of nitrogens with zero attached hydrogens (tertiary/aromatic N) is 2. The van der Waals surface area contributed by atoms with Gasteiger partial charge in [0.25, 0.3) is 5.91 Å². The zero-order chi connectivity index (χ0) is 17.5. The highest BCUT2D eigenvalue weighted by molar-refractivity contribution is 7.20. The first-order valence-electron chi connectivity index (χ1n) is 7.76. The van der Waals surface area contributed by atoms with Crippen LogP contribution in [0.15, 0.2) is 30.3 Å². The second kappa shape index (κ2) is 6.22. The molecule has 2 heterocycles. The maximum absolute atomic E-state index is 12.7. The number of carbonyl (C=O) groups is 1. The van der Waals surface area contributed by atoms with Gasteiger partial charge in [-0.3, -0.25) is 9.48 Å². The first-order chi connectivity index (χ1) is 11.3. The van der Waals surface area contributed by atoms with E-state index in [1.54, 1.807) is 0 Å². The van der Waals surface area contributed by atoms with Crippen LogP contribution in [0.4, 0.5) is 0 Å². The third-order valence-electron chi connectivity index (χ3n) is 3.96. The fourth-order valence-corrected chi connectivity index (χ4v) is 4.07. The molecule has 0 aliphatic rings. The number of fused-ring (bicyclic) bond motifs is 1. The molecule has 0 aliphatic heterocycles. The standard InChI is InChI=1S/C18H20ClN3OS/c1-11-13-9-15(24-17(13)22(4)21-11)16(23)20-18(2,3)10-12-7-5-6-8-14(12)19/h5-9H,10H2,1-4H3,(H,20,23). The predicted octanol–water partition coefficient (Wildman–Crippen LogP) is 4.35. The zero-order valence-electron chi connectivity index (χ0n) is 14.2. The van der Waals surface area contributed by atoms with Crippen molar-refractivity contribution in [2.45, 2.75) is 32.7 Å². The SMILES string of the molecule is Cc1nn(C)c2sc(C(=O)NC(C)(C)Cc3ccccc3Cl)cc12. The molecular weight excluding hydrogens is 342 g/mol. The van der Waals surface area contributed by atoms with Gasteiger partial charge in [0.05, 0.1) is 10.6 Å². The average molecular weight is 362 g/mol. The second-order valence-electron chi connectivity index (χ2n) is 6.64. The minimum atomic E-state index is -0.397. The largest absolute Gasteiger partial charge is 0.346 e. The van der Waals surface area contributed by atoms with Gasteiger partial charge in [-0.05, 0) is 44.9 Å². The van der Waals surface area contributed by atoms with Crippen molar-refractivity contribution in [3.63, 3.8) is 0 Å². The molecule has 0 atom stereocenters. The monoisotopic (exact) mass is 361 g/mol. The van der Waals surface area contributed by atoms with E-state index in [2.05, 4.69) is 10.4 Å². The van der Waals surface area contributed by atoms with Crippen molar-refractivity contribution >= 4 is 39.1 Å². The molecule has 24 heavy (non-hydrogen) atoms. The van der Waals surface area contributed by atoms with Gasteiger partial charge >= 0.3 is 0 Å². The Hall–Kier alpha value is -1.85. The lowest BCUT2D eigenvalue weighted by molar-refractivity contribution is 0.0917. The molecule has 3 rings (SSSR count). The Morgan fingerprint density at radius 3 is 2.75 bits per heavy atom. The third kappa shape index (κ3) is 3.32. The molecule has 0 unspecified atom stereocenters. The number of benzene rings is 1. The van der Waals surface area contributed by atoms with Crippen molar-refractivity contribution < 1.29 is 4.79 Å². The summed E-state index contributed by atoms with van der Waals surface area (Å²) in [6.45, 7) is 5.97. The lowest BCUT2D eigenvalue weighted by Crippen LogP contribution is -2.44. The molecule has 0 spiro atoms. The fourth-order valence-electron chi connectivity index (χ4n) is 2.85. The van der Waals surface area contributed by atoms with Crippen molar-refractivity contribution in [2.75, 3.05) is 0 Å². The number of nitrogens with one attached hydrogen (secondary N) is 1. The Morgan fingerprint density at radius 1 is 1.38 bits per heavy atom. The number of carbonyl (C=O) groups excluding carboxylic acids is 1. The molecular formula is C18H20ClN3OS. The molecule has 0 aliphatic carbocycles. The summed E-state index contributed by atoms with van der Waals surface area (Å²) >= 11 is 7.70. The molecule has 4 nitrogen and oxygen atoms in total. The van der Waals surface area contributed by atoms with Gasteiger partial charge in [-0.15, -0.1) is 11.3 Å². The summed E-state index contributed by atoms with van der Waals surface area (Å²) in [5.74, 6) is -0.0624. The number of rotatable bonds is 4. The van der Waals surface area contributed by atoms with E-state index in [-0.39, 0.29) is 5.91 Å². The summed E-state index contributed by atoms with van der Waals surface area (Å²) in [5.41, 5.74) is 1.57. The van der Waals surface area contributed by atoms with Crippen molar-refractivity contribution in [3.8, 4) is 0 Å². The molecule has 1 N–H and O–H groups in total. The van der Waals surface area contributed by atoms with Crippen LogP contribution in [0.3, 0.4) is 0 Å². The Bertz CT molecular complexity index is 876. The molecule has 1 aromatic carbocycles. The number of thiophene rings is 1. The normalized spacial score (nSPS) is 11.9. The highest BCUT2D eigenvalue weighted by atomic mass is 35.5. The van der Waals surface area contributed by atoms with Crippen LogP contribution in [-0.2, 0) is 13.5 Å². The topological polar surface area (TPSA) is 46.9 Å². The number of amides is 1. The van der Waals surface area contributed by atoms with E-state index in [0.717, 1.165) is 26.5 Å². The molecule has 0 saturated heterocycles. The molecule has 0 saturated carbocycles. The van der Waals surface area contributed by atoms with Crippen LogP contribution in [0.25, 0.3) is 10.2 Å². The zero-order valence-corrected chi connectivity index (χ0v) is 15.8. The number of aromatic nitrogens is 2. The van der Waals surface area contributed by atoms with Crippen LogP contribution in [0.2, 0.25) is 5.02 Å². The molecule has 1 amide bonds. The summed E-state index contributed by atoms with van der Waals surface area (Å²) in [5, 5.41) is 9.26. The highest BCUT2D eigenvalue weighted by Crippen LogP contribution is 2.28. The van der Waals surface area contributed by atoms with Crippen LogP contribution in [-0.4, -0.2) is 21.2 Å². The van der Waals surface area contributed by atoms with E-state index in [0.29, 0.717) is 11.3 Å². The van der Waals surface area contributed by atoms with Gasteiger partial charge in [-0.2, -0.15) is 5.10 Å². The molecule has 3 aromatic rings. The van der Waals surface area contributed by atoms with Gasteiger partial charge in [0.1, 0.15) is 4.83 Å². The van der Waals surface area contributed by atoms with E-state index in [4.69, 9.17) is 11.6 Å². The van der Waals surface area contributed by atoms with Crippen LogP contribution in [0, 0.1) is 6.92 Å². The summed E-state index contributed by atoms with van der Waals surface area (Å²) in [7, 11) is 1.90. The molecule has 126 valence electrons. The van der Waals surface area contributed by atoms with Gasteiger partial charge in [-0.1, -0.05) is 29.8 Å². The maximum Gasteiger partial charge on any atom is 0.261 e. The molecule has 6 heteroatoms. The summed E-state index contributed by atoms with van der Waals surface area (Å²) in [6, 6.07) is 9.65. The van der Waals surface area contributed by atoms with Crippen molar-refractivity contribution in [1.82, 2.24) is 15.1 Å². The third-order valence-corrected chi connectivity index (χ3v) is 5.53. The van der Waals surface area contributed by atoms with E-state index in [9.17, 15) is 4.79 Å². The van der Waals surface area contributed by atoms with Gasteiger partial charge in [0.2, 0.25) is 0 Å². The van der Waals surface area contributed by atoms with E-state index in [1.807, 2.05) is 62.8 Å². The smallest absolute Gasteiger partial charge is 0.261 e. The van der Waals surface area contributed by atoms with Gasteiger partial charge in [-0.25, -0.2) is 0 Å². The van der Waals surface area contributed by atoms with Gasteiger partial charge in [0, 0.05) is 23.0 Å². The Balaban J connectivity index is 1.79. The molecule has 0 fully saturated rings. The predicted molar refractivity (Wildman–Crippen MR) is 100 cm³/mol. The molecule has 0 bridgehead atoms. The first kappa shape index (κ1) is 17.0. The average Bonchev–Trinajstić information content (AvgIpc) is 3.03. The molecule has 2 aromatic heterocycles. The Labute approximate surface area is 150 Å². The van der Waals surface area contributed by atoms with E-state index >= 15 is 0 Å². The second-order valence-corrected chi connectivity index (χ2v) is 8.08. The lowest BCUT2D eigenvalue weighted by atomic mass is 9.94. The lowest BCUT2D eigenvalue weighted by Gasteiger charge is -2.26. The number of aryl methyl sites for hydroxylation is 2. The summed E-state index contributed by atoms with van der Waals surface area (Å²) in [4.78, 5) is 14.4. The van der Waals surface area contributed by atoms with Crippen LogP contribution in [0.5, 0.6) is 0 Å². The minimum Gasteiger partial charge on any atom is -0.346 e. The van der Waals surface area contributed by atoms with E-state index in [1.165, 1.54) is 11.3 Å². The number of hydrogen-bond donors (Lipinski definition) is 1. The van der Waals surface area contributed by atoms with Gasteiger partial charge in [0.15, 0.2) is 0 Å². The quantitative estimate of drug-likeness (QED) is 0.751. The van der Waals surface area contributed by atoms with Crippen LogP contribution in [0.1, 0.15) is 34.8 Å². The minimum absolute atomic E-state index is 0.0624. The number of hydrogen-bond acceptors (Lipinski definition) is 3. The van der Waals surface area contributed by atoms with Crippen molar-refractivity contribution in [1.29, 1.82) is 0 Å². The van der Waals surface area contributed by atoms with Crippen LogP contribution >= 0.6 is 22.9 Å². The number of halogens is 1. The summed E-state index contributed by atoms with van der Waals surface area (Å²) < 4.78 is 1.82. The van der Waals surface area contributed by atoms with Crippen LogP contribution < -0.4 is 5.32 Å².